The lowest BCUT2D eigenvalue weighted by molar-refractivity contribution is 0.404. The molecule has 19 heavy (non-hydrogen) atoms. The van der Waals surface area contributed by atoms with Gasteiger partial charge in [0.05, 0.1) is 12.7 Å². The Morgan fingerprint density at radius 2 is 2.16 bits per heavy atom. The van der Waals surface area contributed by atoms with Crippen molar-refractivity contribution in [3.05, 3.63) is 35.3 Å². The maximum Gasteiger partial charge on any atom is 0.274 e. The minimum absolute atomic E-state index is 0.0844. The molecule has 104 valence electrons. The van der Waals surface area contributed by atoms with Gasteiger partial charge in [0.2, 0.25) is 5.09 Å². The molecule has 0 aliphatic rings. The normalized spacial score (nSPS) is 11.9. The molecule has 0 aliphatic carbocycles. The zero-order valence-electron chi connectivity index (χ0n) is 10.7. The fourth-order valence-corrected chi connectivity index (χ4v) is 2.52. The van der Waals surface area contributed by atoms with Crippen molar-refractivity contribution in [1.29, 1.82) is 0 Å². The van der Waals surface area contributed by atoms with E-state index in [0.29, 0.717) is 12.3 Å². The minimum atomic E-state index is -3.64. The van der Waals surface area contributed by atoms with Crippen LogP contribution in [0.4, 0.5) is 0 Å². The molecule has 0 amide bonds. The second kappa shape index (κ2) is 5.55. The molecular formula is C11H16N4O3S. The zero-order chi connectivity index (χ0) is 13.9. The summed E-state index contributed by atoms with van der Waals surface area (Å²) in [6.07, 6.45) is 1.59. The van der Waals surface area contributed by atoms with Crippen LogP contribution in [-0.4, -0.2) is 25.7 Å². The lowest BCUT2D eigenvalue weighted by Crippen LogP contribution is -2.23. The average molecular weight is 284 g/mol. The molecule has 2 rings (SSSR count). The molecule has 7 nitrogen and oxygen atoms in total. The number of aryl methyl sites for hydroxylation is 1. The Labute approximate surface area is 111 Å². The van der Waals surface area contributed by atoms with Crippen molar-refractivity contribution in [1.82, 2.24) is 20.2 Å². The highest BCUT2D eigenvalue weighted by molar-refractivity contribution is 7.89. The third-order valence-electron chi connectivity index (χ3n) is 2.64. The second-order valence-electron chi connectivity index (χ2n) is 4.10. The highest BCUT2D eigenvalue weighted by atomic mass is 32.2. The Morgan fingerprint density at radius 3 is 2.79 bits per heavy atom. The van der Waals surface area contributed by atoms with Gasteiger partial charge < -0.3 is 9.73 Å². The first kappa shape index (κ1) is 13.8. The minimum Gasteiger partial charge on any atom is -0.447 e. The number of nitrogens with one attached hydrogen (secondary N) is 3. The summed E-state index contributed by atoms with van der Waals surface area (Å²) in [5, 5.41) is 9.39. The number of rotatable bonds is 6. The number of nitrogens with zero attached hydrogens (tertiary/aromatic N) is 1. The van der Waals surface area contributed by atoms with Gasteiger partial charge >= 0.3 is 0 Å². The van der Waals surface area contributed by atoms with Crippen LogP contribution in [0.1, 0.15) is 17.0 Å². The lowest BCUT2D eigenvalue weighted by Gasteiger charge is -2.03. The van der Waals surface area contributed by atoms with Crippen LogP contribution in [0.15, 0.2) is 27.8 Å². The summed E-state index contributed by atoms with van der Waals surface area (Å²) in [5.41, 5.74) is 1.63. The van der Waals surface area contributed by atoms with Gasteiger partial charge in [0.15, 0.2) is 0 Å². The van der Waals surface area contributed by atoms with E-state index < -0.39 is 10.0 Å². The quantitative estimate of drug-likeness (QED) is 0.717. The molecule has 0 atom stereocenters. The summed E-state index contributed by atoms with van der Waals surface area (Å²) in [6, 6.07) is 3.07. The van der Waals surface area contributed by atoms with Crippen LogP contribution in [0.3, 0.4) is 0 Å². The Morgan fingerprint density at radius 1 is 1.37 bits per heavy atom. The highest BCUT2D eigenvalue weighted by Crippen LogP contribution is 2.14. The number of aromatic nitrogens is 2. The van der Waals surface area contributed by atoms with Crippen LogP contribution >= 0.6 is 0 Å². The first-order valence-electron chi connectivity index (χ1n) is 5.75. The monoisotopic (exact) mass is 284 g/mol. The van der Waals surface area contributed by atoms with Crippen molar-refractivity contribution in [3.63, 3.8) is 0 Å². The van der Waals surface area contributed by atoms with E-state index in [1.54, 1.807) is 19.3 Å². The van der Waals surface area contributed by atoms with Crippen molar-refractivity contribution >= 4 is 10.0 Å². The van der Waals surface area contributed by atoms with Crippen molar-refractivity contribution in [2.75, 3.05) is 7.05 Å². The molecule has 0 saturated heterocycles. The maximum atomic E-state index is 12.0. The van der Waals surface area contributed by atoms with Crippen LogP contribution in [0.5, 0.6) is 0 Å². The fourth-order valence-electron chi connectivity index (χ4n) is 1.57. The number of hydrogen-bond donors (Lipinski definition) is 3. The predicted octanol–water partition coefficient (Wildman–Crippen LogP) is 0.509. The van der Waals surface area contributed by atoms with E-state index in [0.717, 1.165) is 11.3 Å². The Balaban J connectivity index is 2.07. The Kier molecular flexibility index (Phi) is 4.03. The molecular weight excluding hydrogens is 268 g/mol. The van der Waals surface area contributed by atoms with E-state index in [2.05, 4.69) is 20.2 Å². The molecule has 2 heterocycles. The summed E-state index contributed by atoms with van der Waals surface area (Å²) >= 11 is 0. The molecule has 0 aromatic carbocycles. The number of sulfonamides is 1. The van der Waals surface area contributed by atoms with Gasteiger partial charge in [-0.1, -0.05) is 0 Å². The molecule has 0 aliphatic heterocycles. The predicted molar refractivity (Wildman–Crippen MR) is 68.8 cm³/mol. The van der Waals surface area contributed by atoms with Crippen molar-refractivity contribution < 1.29 is 12.8 Å². The summed E-state index contributed by atoms with van der Waals surface area (Å²) < 4.78 is 31.7. The van der Waals surface area contributed by atoms with Crippen LogP contribution in [0.25, 0.3) is 0 Å². The SMILES string of the molecule is CNCc1ccc(S(=O)(=O)NCc2cn[nH]c2C)o1. The highest BCUT2D eigenvalue weighted by Gasteiger charge is 2.18. The van der Waals surface area contributed by atoms with Crippen molar-refractivity contribution in [2.45, 2.75) is 25.1 Å². The van der Waals surface area contributed by atoms with E-state index in [9.17, 15) is 8.42 Å². The number of aromatic amines is 1. The molecule has 0 bridgehead atoms. The van der Waals surface area contributed by atoms with Crippen LogP contribution in [-0.2, 0) is 23.1 Å². The number of H-pyrrole nitrogens is 1. The van der Waals surface area contributed by atoms with E-state index >= 15 is 0 Å². The topological polar surface area (TPSA) is 100 Å². The smallest absolute Gasteiger partial charge is 0.274 e. The summed E-state index contributed by atoms with van der Waals surface area (Å²) in [4.78, 5) is 0. The molecule has 2 aromatic rings. The fraction of sp³-hybridized carbons (Fsp3) is 0.364. The first-order valence-corrected chi connectivity index (χ1v) is 7.23. The number of hydrogen-bond acceptors (Lipinski definition) is 5. The van der Waals surface area contributed by atoms with Crippen molar-refractivity contribution in [2.24, 2.45) is 0 Å². The summed E-state index contributed by atoms with van der Waals surface area (Å²) in [7, 11) is -1.88. The molecule has 8 heteroatoms. The standard InChI is InChI=1S/C11H16N4O3S/c1-8-9(5-13-15-8)6-14-19(16,17)11-4-3-10(18-11)7-12-2/h3-5,12,14H,6-7H2,1-2H3,(H,13,15). The van der Waals surface area contributed by atoms with Gasteiger partial charge in [0, 0.05) is 17.8 Å². The van der Waals surface area contributed by atoms with Crippen LogP contribution in [0, 0.1) is 6.92 Å². The van der Waals surface area contributed by atoms with Crippen LogP contribution in [0.2, 0.25) is 0 Å². The van der Waals surface area contributed by atoms with E-state index in [1.807, 2.05) is 6.92 Å². The molecule has 0 fully saturated rings. The van der Waals surface area contributed by atoms with Gasteiger partial charge in [-0.2, -0.15) is 5.10 Å². The van der Waals surface area contributed by atoms with E-state index in [1.165, 1.54) is 6.07 Å². The molecule has 0 radical (unpaired) electrons. The van der Waals surface area contributed by atoms with Gasteiger partial charge in [-0.05, 0) is 26.1 Å². The molecule has 0 saturated carbocycles. The third-order valence-corrected chi connectivity index (χ3v) is 3.91. The van der Waals surface area contributed by atoms with Crippen LogP contribution < -0.4 is 10.0 Å². The number of furan rings is 1. The van der Waals surface area contributed by atoms with Gasteiger partial charge in [-0.25, -0.2) is 13.1 Å². The Hall–Kier alpha value is -1.64. The first-order chi connectivity index (χ1) is 9.03. The van der Waals surface area contributed by atoms with Gasteiger partial charge in [-0.15, -0.1) is 0 Å². The van der Waals surface area contributed by atoms with E-state index in [4.69, 9.17) is 4.42 Å². The second-order valence-corrected chi connectivity index (χ2v) is 5.79. The molecule has 0 spiro atoms. The summed E-state index contributed by atoms with van der Waals surface area (Å²) in [6.45, 7) is 2.48. The van der Waals surface area contributed by atoms with Gasteiger partial charge in [0.25, 0.3) is 10.0 Å². The van der Waals surface area contributed by atoms with Gasteiger partial charge in [-0.3, -0.25) is 5.10 Å². The third kappa shape index (κ3) is 3.22. The summed E-state index contributed by atoms with van der Waals surface area (Å²) in [5.74, 6) is 0.572. The van der Waals surface area contributed by atoms with E-state index in [-0.39, 0.29) is 11.6 Å². The van der Waals surface area contributed by atoms with Gasteiger partial charge in [0.1, 0.15) is 5.76 Å². The zero-order valence-corrected chi connectivity index (χ0v) is 11.5. The average Bonchev–Trinajstić information content (AvgIpc) is 2.97. The van der Waals surface area contributed by atoms with Crippen molar-refractivity contribution in [3.8, 4) is 0 Å². The maximum absolute atomic E-state index is 12.0. The molecule has 2 aromatic heterocycles. The molecule has 3 N–H and O–H groups in total. The lowest BCUT2D eigenvalue weighted by atomic mass is 10.3. The Bertz CT molecular complexity index is 644. The largest absolute Gasteiger partial charge is 0.447 e. The molecule has 0 unspecified atom stereocenters.